The second-order valence-electron chi connectivity index (χ2n) is 7.04. The number of likely N-dealkylation sites (tertiary alicyclic amines) is 1. The maximum Gasteiger partial charge on any atom is 0.306 e. The first-order chi connectivity index (χ1) is 8.21. The van der Waals surface area contributed by atoms with Crippen LogP contribution >= 0.6 is 0 Å². The van der Waals surface area contributed by atoms with Gasteiger partial charge < -0.3 is 5.11 Å². The van der Waals surface area contributed by atoms with E-state index in [1.54, 1.807) is 6.92 Å². The van der Waals surface area contributed by atoms with Crippen LogP contribution < -0.4 is 0 Å². The van der Waals surface area contributed by atoms with Gasteiger partial charge in [0, 0.05) is 19.1 Å². The van der Waals surface area contributed by atoms with Gasteiger partial charge in [0.15, 0.2) is 0 Å². The molecule has 3 nitrogen and oxygen atoms in total. The first-order valence-electron chi connectivity index (χ1n) is 7.18. The molecule has 1 saturated heterocycles. The molecule has 0 aromatic heterocycles. The SMILES string of the molecule is CC(CCCC(C)N1CC(C(C)(C)C)C1)C(=O)O. The first-order valence-corrected chi connectivity index (χ1v) is 7.18. The molecule has 0 amide bonds. The van der Waals surface area contributed by atoms with Crippen LogP contribution in [-0.2, 0) is 4.79 Å². The Bertz CT molecular complexity index is 277. The molecule has 0 saturated carbocycles. The molecule has 18 heavy (non-hydrogen) atoms. The fourth-order valence-electron chi connectivity index (χ4n) is 2.45. The van der Waals surface area contributed by atoms with Crippen LogP contribution in [0.5, 0.6) is 0 Å². The Hall–Kier alpha value is -0.570. The highest BCUT2D eigenvalue weighted by Gasteiger charge is 2.37. The normalized spacial score (nSPS) is 21.4. The average Bonchev–Trinajstić information content (AvgIpc) is 2.12. The highest BCUT2D eigenvalue weighted by molar-refractivity contribution is 5.69. The number of carbonyl (C=O) groups is 1. The summed E-state index contributed by atoms with van der Waals surface area (Å²) in [4.78, 5) is 13.2. The molecule has 1 aliphatic heterocycles. The van der Waals surface area contributed by atoms with Gasteiger partial charge in [-0.1, -0.05) is 34.1 Å². The van der Waals surface area contributed by atoms with E-state index >= 15 is 0 Å². The fraction of sp³-hybridized carbons (Fsp3) is 0.933. The molecule has 2 unspecified atom stereocenters. The summed E-state index contributed by atoms with van der Waals surface area (Å²) in [5.74, 6) is -0.0480. The van der Waals surface area contributed by atoms with Crippen molar-refractivity contribution < 1.29 is 9.90 Å². The number of hydrogen-bond donors (Lipinski definition) is 1. The van der Waals surface area contributed by atoms with Gasteiger partial charge in [-0.05, 0) is 31.1 Å². The van der Waals surface area contributed by atoms with Crippen molar-refractivity contribution in [3.63, 3.8) is 0 Å². The standard InChI is InChI=1S/C15H29NO2/c1-11(14(17)18)7-6-8-12(2)16-9-13(10-16)15(3,4)5/h11-13H,6-10H2,1-5H3,(H,17,18). The minimum absolute atomic E-state index is 0.198. The van der Waals surface area contributed by atoms with Crippen LogP contribution in [-0.4, -0.2) is 35.1 Å². The zero-order valence-corrected chi connectivity index (χ0v) is 12.6. The predicted octanol–water partition coefficient (Wildman–Crippen LogP) is 3.24. The summed E-state index contributed by atoms with van der Waals surface area (Å²) in [6.07, 6.45) is 2.94. The summed E-state index contributed by atoms with van der Waals surface area (Å²) in [6.45, 7) is 13.4. The number of rotatable bonds is 6. The van der Waals surface area contributed by atoms with Crippen molar-refractivity contribution >= 4 is 5.97 Å². The van der Waals surface area contributed by atoms with Crippen LogP contribution in [0.1, 0.15) is 53.9 Å². The minimum atomic E-state index is -0.667. The third-order valence-electron chi connectivity index (χ3n) is 4.44. The van der Waals surface area contributed by atoms with E-state index in [1.165, 1.54) is 13.1 Å². The van der Waals surface area contributed by atoms with E-state index in [9.17, 15) is 4.79 Å². The lowest BCUT2D eigenvalue weighted by atomic mass is 9.75. The molecule has 0 bridgehead atoms. The summed E-state index contributed by atoms with van der Waals surface area (Å²) >= 11 is 0. The summed E-state index contributed by atoms with van der Waals surface area (Å²) in [5, 5.41) is 8.83. The molecule has 0 aliphatic carbocycles. The van der Waals surface area contributed by atoms with Crippen molar-refractivity contribution in [2.75, 3.05) is 13.1 Å². The lowest BCUT2D eigenvalue weighted by molar-refractivity contribution is -0.141. The Kier molecular flexibility index (Phi) is 5.20. The zero-order valence-electron chi connectivity index (χ0n) is 12.6. The molecule has 1 fully saturated rings. The van der Waals surface area contributed by atoms with Gasteiger partial charge >= 0.3 is 5.97 Å². The fourth-order valence-corrected chi connectivity index (χ4v) is 2.45. The van der Waals surface area contributed by atoms with Gasteiger partial charge in [0.1, 0.15) is 0 Å². The van der Waals surface area contributed by atoms with Crippen LogP contribution in [0.25, 0.3) is 0 Å². The summed E-state index contributed by atoms with van der Waals surface area (Å²) in [7, 11) is 0. The quantitative estimate of drug-likeness (QED) is 0.792. The van der Waals surface area contributed by atoms with E-state index in [0.717, 1.165) is 25.2 Å². The highest BCUT2D eigenvalue weighted by atomic mass is 16.4. The van der Waals surface area contributed by atoms with E-state index < -0.39 is 5.97 Å². The van der Waals surface area contributed by atoms with Crippen molar-refractivity contribution in [2.24, 2.45) is 17.3 Å². The van der Waals surface area contributed by atoms with Crippen molar-refractivity contribution in [2.45, 2.75) is 59.9 Å². The summed E-state index contributed by atoms with van der Waals surface area (Å²) < 4.78 is 0. The number of carboxylic acids is 1. The number of hydrogen-bond acceptors (Lipinski definition) is 2. The van der Waals surface area contributed by atoms with E-state index in [1.807, 2.05) is 0 Å². The van der Waals surface area contributed by atoms with Crippen LogP contribution in [0.4, 0.5) is 0 Å². The van der Waals surface area contributed by atoms with Crippen molar-refractivity contribution in [3.8, 4) is 0 Å². The Balaban J connectivity index is 2.16. The Labute approximate surface area is 112 Å². The first kappa shape index (κ1) is 15.5. The number of nitrogens with zero attached hydrogens (tertiary/aromatic N) is 1. The second kappa shape index (κ2) is 6.05. The van der Waals surface area contributed by atoms with Crippen LogP contribution in [0, 0.1) is 17.3 Å². The monoisotopic (exact) mass is 255 g/mol. The Morgan fingerprint density at radius 2 is 1.83 bits per heavy atom. The maximum atomic E-state index is 10.7. The van der Waals surface area contributed by atoms with Crippen molar-refractivity contribution in [1.82, 2.24) is 4.90 Å². The maximum absolute atomic E-state index is 10.7. The van der Waals surface area contributed by atoms with Gasteiger partial charge in [-0.2, -0.15) is 0 Å². The average molecular weight is 255 g/mol. The van der Waals surface area contributed by atoms with Crippen LogP contribution in [0.2, 0.25) is 0 Å². The van der Waals surface area contributed by atoms with E-state index in [2.05, 4.69) is 32.6 Å². The second-order valence-corrected chi connectivity index (χ2v) is 7.04. The molecule has 106 valence electrons. The molecule has 0 aromatic carbocycles. The Morgan fingerprint density at radius 1 is 1.28 bits per heavy atom. The largest absolute Gasteiger partial charge is 0.481 e. The third kappa shape index (κ3) is 4.27. The lowest BCUT2D eigenvalue weighted by Crippen LogP contribution is -2.55. The van der Waals surface area contributed by atoms with Crippen LogP contribution in [0.3, 0.4) is 0 Å². The number of aliphatic carboxylic acids is 1. The minimum Gasteiger partial charge on any atom is -0.481 e. The summed E-state index contributed by atoms with van der Waals surface area (Å²) in [5.41, 5.74) is 0.425. The zero-order chi connectivity index (χ0) is 13.9. The molecule has 0 aromatic rings. The van der Waals surface area contributed by atoms with Gasteiger partial charge in [-0.15, -0.1) is 0 Å². The smallest absolute Gasteiger partial charge is 0.306 e. The molecule has 1 heterocycles. The molecule has 2 atom stereocenters. The third-order valence-corrected chi connectivity index (χ3v) is 4.44. The highest BCUT2D eigenvalue weighted by Crippen LogP contribution is 2.35. The molecular weight excluding hydrogens is 226 g/mol. The van der Waals surface area contributed by atoms with E-state index in [0.29, 0.717) is 11.5 Å². The molecule has 1 aliphatic rings. The van der Waals surface area contributed by atoms with Gasteiger partial charge in [0.2, 0.25) is 0 Å². The van der Waals surface area contributed by atoms with Gasteiger partial charge in [0.25, 0.3) is 0 Å². The summed E-state index contributed by atoms with van der Waals surface area (Å²) in [6, 6.07) is 0.601. The topological polar surface area (TPSA) is 40.5 Å². The van der Waals surface area contributed by atoms with Crippen molar-refractivity contribution in [1.29, 1.82) is 0 Å². The van der Waals surface area contributed by atoms with Gasteiger partial charge in [-0.25, -0.2) is 0 Å². The molecule has 0 spiro atoms. The van der Waals surface area contributed by atoms with Crippen molar-refractivity contribution in [3.05, 3.63) is 0 Å². The van der Waals surface area contributed by atoms with Crippen LogP contribution in [0.15, 0.2) is 0 Å². The van der Waals surface area contributed by atoms with E-state index in [4.69, 9.17) is 5.11 Å². The number of carboxylic acid groups (broad SMARTS) is 1. The Morgan fingerprint density at radius 3 is 2.28 bits per heavy atom. The van der Waals surface area contributed by atoms with E-state index in [-0.39, 0.29) is 5.92 Å². The van der Waals surface area contributed by atoms with Gasteiger partial charge in [-0.3, -0.25) is 9.69 Å². The molecular formula is C15H29NO2. The molecule has 3 heteroatoms. The molecule has 1 N–H and O–H groups in total. The lowest BCUT2D eigenvalue weighted by Gasteiger charge is -2.49. The van der Waals surface area contributed by atoms with Gasteiger partial charge in [0.05, 0.1) is 5.92 Å². The predicted molar refractivity (Wildman–Crippen MR) is 74.6 cm³/mol. The molecule has 1 rings (SSSR count). The molecule has 0 radical (unpaired) electrons.